The number of carbonyl (C=O) groups excluding carboxylic acids is 1. The highest BCUT2D eigenvalue weighted by molar-refractivity contribution is 5.95. The molecule has 10 heteroatoms. The zero-order chi connectivity index (χ0) is 25.8. The molecule has 0 spiro atoms. The van der Waals surface area contributed by atoms with Gasteiger partial charge in [0.15, 0.2) is 0 Å². The van der Waals surface area contributed by atoms with Crippen LogP contribution in [0.5, 0.6) is 11.5 Å². The van der Waals surface area contributed by atoms with Crippen molar-refractivity contribution >= 4 is 28.7 Å². The van der Waals surface area contributed by atoms with Crippen LogP contribution in [0.15, 0.2) is 60.8 Å². The largest absolute Gasteiger partial charge is 0.496 e. The van der Waals surface area contributed by atoms with Gasteiger partial charge in [-0.15, -0.1) is 5.10 Å². The Labute approximate surface area is 215 Å². The summed E-state index contributed by atoms with van der Waals surface area (Å²) >= 11 is 0. The first kappa shape index (κ1) is 24.5. The molecule has 0 saturated carbocycles. The number of benzene rings is 2. The number of ether oxygens (including phenoxy) is 3. The molecule has 5 rings (SSSR count). The Balaban J connectivity index is 1.36. The Kier molecular flexibility index (Phi) is 7.20. The van der Waals surface area contributed by atoms with Crippen molar-refractivity contribution in [1.29, 1.82) is 0 Å². The van der Waals surface area contributed by atoms with E-state index in [1.165, 1.54) is 0 Å². The van der Waals surface area contributed by atoms with Crippen molar-refractivity contribution in [3.05, 3.63) is 60.8 Å². The maximum Gasteiger partial charge on any atom is 0.245 e. The van der Waals surface area contributed by atoms with Gasteiger partial charge in [-0.1, -0.05) is 12.1 Å². The second kappa shape index (κ2) is 10.9. The average molecular weight is 503 g/mol. The van der Waals surface area contributed by atoms with Crippen molar-refractivity contribution in [1.82, 2.24) is 19.5 Å². The molecule has 4 aromatic rings. The first-order chi connectivity index (χ1) is 18.1. The molecule has 1 saturated heterocycles. The lowest BCUT2D eigenvalue weighted by Gasteiger charge is -2.31. The highest BCUT2D eigenvalue weighted by Crippen LogP contribution is 2.32. The molecule has 192 valence electrons. The van der Waals surface area contributed by atoms with Crippen LogP contribution in [-0.4, -0.2) is 72.0 Å². The highest BCUT2D eigenvalue weighted by atomic mass is 16.5. The van der Waals surface area contributed by atoms with E-state index in [1.807, 2.05) is 60.0 Å². The molecular weight excluding hydrogens is 472 g/mol. The number of aromatic nitrogens is 3. The maximum absolute atomic E-state index is 12.8. The summed E-state index contributed by atoms with van der Waals surface area (Å²) in [7, 11) is 3.23. The van der Waals surface area contributed by atoms with Gasteiger partial charge in [0.25, 0.3) is 0 Å². The summed E-state index contributed by atoms with van der Waals surface area (Å²) in [5.41, 5.74) is 3.99. The number of anilines is 3. The van der Waals surface area contributed by atoms with Crippen LogP contribution in [0.4, 0.5) is 17.3 Å². The fourth-order valence-corrected chi connectivity index (χ4v) is 4.39. The Bertz CT molecular complexity index is 1400. The molecule has 1 amide bonds. The van der Waals surface area contributed by atoms with E-state index >= 15 is 0 Å². The number of rotatable bonds is 8. The number of methoxy groups -OCH3 is 2. The zero-order valence-corrected chi connectivity index (χ0v) is 21.1. The maximum atomic E-state index is 12.8. The highest BCUT2D eigenvalue weighted by Gasteiger charge is 2.23. The smallest absolute Gasteiger partial charge is 0.245 e. The molecule has 1 atom stereocenters. The number of morpholine rings is 1. The summed E-state index contributed by atoms with van der Waals surface area (Å²) in [5, 5.41) is 10.9. The van der Waals surface area contributed by atoms with E-state index in [2.05, 4.69) is 20.5 Å². The van der Waals surface area contributed by atoms with Crippen molar-refractivity contribution in [3.63, 3.8) is 0 Å². The summed E-state index contributed by atoms with van der Waals surface area (Å²) in [5.74, 6) is 1.64. The van der Waals surface area contributed by atoms with Crippen LogP contribution < -0.4 is 20.1 Å². The standard InChI is InChI=1S/C27H30N6O4/c1-18(32-12-14-37-15-13-32)26(34)29-19-8-10-22(25(16-19)36-3)30-27-28-17-20-9-11-23(33(20)31-27)21-6-4-5-7-24(21)35-2/h4-11,16-18H,12-15H2,1-3H3,(H,29,34)(H,30,31). The van der Waals surface area contributed by atoms with E-state index in [-0.39, 0.29) is 11.9 Å². The van der Waals surface area contributed by atoms with E-state index in [1.54, 1.807) is 26.5 Å². The van der Waals surface area contributed by atoms with E-state index in [0.717, 1.165) is 35.6 Å². The van der Waals surface area contributed by atoms with Crippen LogP contribution in [0.3, 0.4) is 0 Å². The van der Waals surface area contributed by atoms with Crippen LogP contribution in [0.1, 0.15) is 6.92 Å². The normalized spacial score (nSPS) is 14.8. The summed E-state index contributed by atoms with van der Waals surface area (Å²) < 4.78 is 18.3. The van der Waals surface area contributed by atoms with Gasteiger partial charge in [-0.3, -0.25) is 9.69 Å². The number of para-hydroxylation sites is 1. The number of amides is 1. The number of nitrogens with zero attached hydrogens (tertiary/aromatic N) is 4. The lowest BCUT2D eigenvalue weighted by atomic mass is 10.1. The molecule has 1 aliphatic heterocycles. The molecule has 10 nitrogen and oxygen atoms in total. The lowest BCUT2D eigenvalue weighted by molar-refractivity contribution is -0.122. The second-order valence-corrected chi connectivity index (χ2v) is 8.69. The van der Waals surface area contributed by atoms with E-state index in [4.69, 9.17) is 19.3 Å². The Morgan fingerprint density at radius 1 is 1.03 bits per heavy atom. The first-order valence-corrected chi connectivity index (χ1v) is 12.1. The molecule has 1 fully saturated rings. The quantitative estimate of drug-likeness (QED) is 0.375. The third-order valence-electron chi connectivity index (χ3n) is 6.47. The number of nitrogens with one attached hydrogen (secondary N) is 2. The zero-order valence-electron chi connectivity index (χ0n) is 21.1. The van der Waals surface area contributed by atoms with Crippen molar-refractivity contribution in [2.75, 3.05) is 51.2 Å². The summed E-state index contributed by atoms with van der Waals surface area (Å²) in [6, 6.07) is 16.9. The SMILES string of the molecule is COc1cc(NC(=O)C(C)N2CCOCC2)ccc1Nc1ncc2ccc(-c3ccccc3OC)n2n1. The molecule has 0 aliphatic carbocycles. The minimum absolute atomic E-state index is 0.0741. The molecule has 2 aromatic heterocycles. The van der Waals surface area contributed by atoms with Gasteiger partial charge in [0, 0.05) is 30.4 Å². The van der Waals surface area contributed by atoms with Crippen molar-refractivity contribution in [3.8, 4) is 22.8 Å². The van der Waals surface area contributed by atoms with Gasteiger partial charge < -0.3 is 24.8 Å². The predicted octanol–water partition coefficient (Wildman–Crippen LogP) is 3.82. The molecule has 1 unspecified atom stereocenters. The van der Waals surface area contributed by atoms with Crippen LogP contribution in [0.25, 0.3) is 16.8 Å². The van der Waals surface area contributed by atoms with Gasteiger partial charge in [0.05, 0.1) is 56.6 Å². The van der Waals surface area contributed by atoms with Crippen molar-refractivity contribution in [2.24, 2.45) is 0 Å². The monoisotopic (exact) mass is 502 g/mol. The summed E-state index contributed by atoms with van der Waals surface area (Å²) in [6.45, 7) is 4.67. The summed E-state index contributed by atoms with van der Waals surface area (Å²) in [4.78, 5) is 19.4. The molecule has 0 radical (unpaired) electrons. The fraction of sp³-hybridized carbons (Fsp3) is 0.296. The Hall–Kier alpha value is -4.15. The van der Waals surface area contributed by atoms with Gasteiger partial charge in [-0.2, -0.15) is 0 Å². The molecule has 37 heavy (non-hydrogen) atoms. The van der Waals surface area contributed by atoms with Gasteiger partial charge >= 0.3 is 0 Å². The van der Waals surface area contributed by atoms with E-state index < -0.39 is 0 Å². The first-order valence-electron chi connectivity index (χ1n) is 12.1. The van der Waals surface area contributed by atoms with E-state index in [9.17, 15) is 4.79 Å². The molecule has 1 aliphatic rings. The Morgan fingerprint density at radius 2 is 1.81 bits per heavy atom. The molecular formula is C27H30N6O4. The van der Waals surface area contributed by atoms with Crippen molar-refractivity contribution < 1.29 is 19.0 Å². The molecule has 3 heterocycles. The number of fused-ring (bicyclic) bond motifs is 1. The molecule has 2 aromatic carbocycles. The average Bonchev–Trinajstić information content (AvgIpc) is 3.37. The van der Waals surface area contributed by atoms with Crippen molar-refractivity contribution in [2.45, 2.75) is 13.0 Å². The van der Waals surface area contributed by atoms with Gasteiger partial charge in [0.1, 0.15) is 11.5 Å². The third-order valence-corrected chi connectivity index (χ3v) is 6.47. The minimum Gasteiger partial charge on any atom is -0.496 e. The van der Waals surface area contributed by atoms with Crippen LogP contribution >= 0.6 is 0 Å². The topological polar surface area (TPSA) is 102 Å². The van der Waals surface area contributed by atoms with E-state index in [0.29, 0.717) is 36.3 Å². The number of hydrogen-bond donors (Lipinski definition) is 2. The van der Waals surface area contributed by atoms with Gasteiger partial charge in [0.2, 0.25) is 11.9 Å². The second-order valence-electron chi connectivity index (χ2n) is 8.69. The Morgan fingerprint density at radius 3 is 2.59 bits per heavy atom. The predicted molar refractivity (Wildman–Crippen MR) is 142 cm³/mol. The minimum atomic E-state index is -0.258. The van der Waals surface area contributed by atoms with Crippen LogP contribution in [0.2, 0.25) is 0 Å². The van der Waals surface area contributed by atoms with Gasteiger partial charge in [-0.25, -0.2) is 9.50 Å². The van der Waals surface area contributed by atoms with Gasteiger partial charge in [-0.05, 0) is 43.3 Å². The van der Waals surface area contributed by atoms with Crippen LogP contribution in [-0.2, 0) is 9.53 Å². The fourth-order valence-electron chi connectivity index (χ4n) is 4.39. The number of carbonyl (C=O) groups is 1. The van der Waals surface area contributed by atoms with Crippen LogP contribution in [0, 0.1) is 0 Å². The molecule has 0 bridgehead atoms. The number of hydrogen-bond acceptors (Lipinski definition) is 8. The third kappa shape index (κ3) is 5.20. The lowest BCUT2D eigenvalue weighted by Crippen LogP contribution is -2.47. The summed E-state index contributed by atoms with van der Waals surface area (Å²) in [6.07, 6.45) is 1.75. The molecule has 2 N–H and O–H groups in total.